The van der Waals surface area contributed by atoms with E-state index >= 15 is 0 Å². The second-order valence-electron chi connectivity index (χ2n) is 10.6. The van der Waals surface area contributed by atoms with Crippen molar-refractivity contribution in [2.75, 3.05) is 0 Å². The Morgan fingerprint density at radius 2 is 1.03 bits per heavy atom. The van der Waals surface area contributed by atoms with Crippen LogP contribution in [-0.4, -0.2) is 9.55 Å². The van der Waals surface area contributed by atoms with Gasteiger partial charge in [-0.25, -0.2) is 4.98 Å². The minimum absolute atomic E-state index is 0.992. The molecule has 2 heterocycles. The van der Waals surface area contributed by atoms with Crippen molar-refractivity contribution >= 4 is 54.3 Å². The largest absolute Gasteiger partial charge is 0.309 e. The molecule has 184 valence electrons. The van der Waals surface area contributed by atoms with Crippen LogP contribution in [0.5, 0.6) is 0 Å². The standard InChI is InChI=1S/C37H26N2/c1-23-11-17-27-28-18-12-24(2)22-33(28)37-31(32(27)21-23)19-20-34(38-37)25-13-15-26(16-14-25)39-35-9-5-3-7-29(35)30-8-4-6-10-36(30)39/h3-22H,1-2H3. The Balaban J connectivity index is 1.32. The van der Waals surface area contributed by atoms with E-state index in [0.717, 1.165) is 22.5 Å². The molecule has 0 saturated carbocycles. The van der Waals surface area contributed by atoms with Crippen LogP contribution in [-0.2, 0) is 0 Å². The Hall–Kier alpha value is -4.95. The minimum atomic E-state index is 0.992. The lowest BCUT2D eigenvalue weighted by Gasteiger charge is -2.13. The third kappa shape index (κ3) is 3.31. The highest BCUT2D eigenvalue weighted by Gasteiger charge is 2.14. The lowest BCUT2D eigenvalue weighted by atomic mass is 9.94. The number of hydrogen-bond donors (Lipinski definition) is 0. The van der Waals surface area contributed by atoms with Gasteiger partial charge in [0.1, 0.15) is 0 Å². The van der Waals surface area contributed by atoms with Gasteiger partial charge in [0.2, 0.25) is 0 Å². The number of aromatic nitrogens is 2. The highest BCUT2D eigenvalue weighted by molar-refractivity contribution is 6.24. The first kappa shape index (κ1) is 22.1. The summed E-state index contributed by atoms with van der Waals surface area (Å²) in [6, 6.07) is 44.0. The molecule has 0 amide bonds. The predicted molar refractivity (Wildman–Crippen MR) is 166 cm³/mol. The van der Waals surface area contributed by atoms with Crippen LogP contribution in [0.2, 0.25) is 0 Å². The van der Waals surface area contributed by atoms with Crippen molar-refractivity contribution in [2.24, 2.45) is 0 Å². The number of aryl methyl sites for hydroxylation is 2. The fourth-order valence-corrected chi connectivity index (χ4v) is 6.23. The van der Waals surface area contributed by atoms with E-state index in [0.29, 0.717) is 0 Å². The zero-order chi connectivity index (χ0) is 26.1. The van der Waals surface area contributed by atoms with Gasteiger partial charge >= 0.3 is 0 Å². The second-order valence-corrected chi connectivity index (χ2v) is 10.6. The van der Waals surface area contributed by atoms with Gasteiger partial charge in [0.05, 0.1) is 22.2 Å². The highest BCUT2D eigenvalue weighted by atomic mass is 15.0. The van der Waals surface area contributed by atoms with Crippen molar-refractivity contribution < 1.29 is 0 Å². The molecule has 0 fully saturated rings. The summed E-state index contributed by atoms with van der Waals surface area (Å²) in [6.45, 7) is 4.31. The van der Waals surface area contributed by atoms with Gasteiger partial charge < -0.3 is 4.57 Å². The molecule has 0 aliphatic rings. The van der Waals surface area contributed by atoms with Crippen molar-refractivity contribution in [3.63, 3.8) is 0 Å². The summed E-state index contributed by atoms with van der Waals surface area (Å²) in [5.74, 6) is 0. The van der Waals surface area contributed by atoms with Gasteiger partial charge in [-0.2, -0.15) is 0 Å². The van der Waals surface area contributed by atoms with Crippen molar-refractivity contribution in [2.45, 2.75) is 13.8 Å². The number of pyridine rings is 1. The van der Waals surface area contributed by atoms with Crippen molar-refractivity contribution in [1.29, 1.82) is 0 Å². The van der Waals surface area contributed by atoms with Crippen LogP contribution < -0.4 is 0 Å². The van der Waals surface area contributed by atoms with Gasteiger partial charge in [-0.05, 0) is 72.5 Å². The minimum Gasteiger partial charge on any atom is -0.309 e. The summed E-state index contributed by atoms with van der Waals surface area (Å²) in [5, 5.41) is 8.78. The van der Waals surface area contributed by atoms with E-state index in [9.17, 15) is 0 Å². The zero-order valence-corrected chi connectivity index (χ0v) is 21.9. The van der Waals surface area contributed by atoms with Crippen molar-refractivity contribution in [3.8, 4) is 16.9 Å². The van der Waals surface area contributed by atoms with Gasteiger partial charge in [0.15, 0.2) is 0 Å². The average molecular weight is 499 g/mol. The van der Waals surface area contributed by atoms with Crippen LogP contribution in [0.4, 0.5) is 0 Å². The van der Waals surface area contributed by atoms with Gasteiger partial charge in [-0.3, -0.25) is 0 Å². The van der Waals surface area contributed by atoms with Crippen LogP contribution in [0.15, 0.2) is 121 Å². The van der Waals surface area contributed by atoms with Crippen LogP contribution in [0.3, 0.4) is 0 Å². The van der Waals surface area contributed by atoms with E-state index < -0.39 is 0 Å². The molecule has 0 N–H and O–H groups in total. The maximum atomic E-state index is 5.28. The SMILES string of the molecule is Cc1ccc2c(c1)c1ccc(-c3ccc(-n4c5ccccc5c5ccccc54)cc3)nc1c1cc(C)ccc21. The second kappa shape index (κ2) is 8.28. The summed E-state index contributed by atoms with van der Waals surface area (Å²) >= 11 is 0. The van der Waals surface area contributed by atoms with Crippen LogP contribution >= 0.6 is 0 Å². The molecule has 0 radical (unpaired) electrons. The molecule has 0 bridgehead atoms. The number of fused-ring (bicyclic) bond motifs is 9. The molecule has 0 aliphatic carbocycles. The Labute approximate surface area is 226 Å². The summed E-state index contributed by atoms with van der Waals surface area (Å²) in [5.41, 5.74) is 9.28. The van der Waals surface area contributed by atoms with E-state index in [1.807, 2.05) is 0 Å². The molecule has 2 nitrogen and oxygen atoms in total. The van der Waals surface area contributed by atoms with Gasteiger partial charge in [0, 0.05) is 32.8 Å². The molecule has 39 heavy (non-hydrogen) atoms. The van der Waals surface area contributed by atoms with Crippen molar-refractivity contribution in [3.05, 3.63) is 132 Å². The summed E-state index contributed by atoms with van der Waals surface area (Å²) in [4.78, 5) is 5.28. The van der Waals surface area contributed by atoms with Crippen LogP contribution in [0.25, 0.3) is 71.2 Å². The lowest BCUT2D eigenvalue weighted by Crippen LogP contribution is -1.94. The number of benzene rings is 6. The third-order valence-corrected chi connectivity index (χ3v) is 8.08. The topological polar surface area (TPSA) is 17.8 Å². The van der Waals surface area contributed by atoms with Crippen molar-refractivity contribution in [1.82, 2.24) is 9.55 Å². The summed E-state index contributed by atoms with van der Waals surface area (Å²) < 4.78 is 2.35. The Kier molecular flexibility index (Phi) is 4.68. The summed E-state index contributed by atoms with van der Waals surface area (Å²) in [6.07, 6.45) is 0. The van der Waals surface area contributed by atoms with Crippen LogP contribution in [0.1, 0.15) is 11.1 Å². The Morgan fingerprint density at radius 1 is 0.462 bits per heavy atom. The predicted octanol–water partition coefficient (Wildman–Crippen LogP) is 9.92. The highest BCUT2D eigenvalue weighted by Crippen LogP contribution is 2.37. The monoisotopic (exact) mass is 498 g/mol. The molecule has 0 aliphatic heterocycles. The fourth-order valence-electron chi connectivity index (χ4n) is 6.23. The molecule has 2 aromatic heterocycles. The van der Waals surface area contributed by atoms with E-state index in [2.05, 4.69) is 140 Å². The summed E-state index contributed by atoms with van der Waals surface area (Å²) in [7, 11) is 0. The number of hydrogen-bond acceptors (Lipinski definition) is 1. The number of para-hydroxylation sites is 2. The molecule has 2 heteroatoms. The normalized spacial score (nSPS) is 11.8. The smallest absolute Gasteiger partial charge is 0.0794 e. The first-order chi connectivity index (χ1) is 19.2. The van der Waals surface area contributed by atoms with Gasteiger partial charge in [0.25, 0.3) is 0 Å². The quantitative estimate of drug-likeness (QED) is 0.217. The fraction of sp³-hybridized carbons (Fsp3) is 0.0541. The first-order valence-corrected chi connectivity index (χ1v) is 13.5. The molecule has 8 aromatic rings. The van der Waals surface area contributed by atoms with Gasteiger partial charge in [-0.15, -0.1) is 0 Å². The van der Waals surface area contributed by atoms with E-state index in [1.54, 1.807) is 0 Å². The number of rotatable bonds is 2. The Bertz CT molecular complexity index is 2180. The third-order valence-electron chi connectivity index (χ3n) is 8.08. The molecule has 8 rings (SSSR count). The molecular weight excluding hydrogens is 472 g/mol. The van der Waals surface area contributed by atoms with Gasteiger partial charge in [-0.1, -0.05) is 90.0 Å². The number of nitrogens with zero attached hydrogens (tertiary/aromatic N) is 2. The molecule has 0 unspecified atom stereocenters. The molecule has 0 saturated heterocycles. The lowest BCUT2D eigenvalue weighted by molar-refractivity contribution is 1.18. The van der Waals surface area contributed by atoms with E-state index in [1.165, 1.54) is 59.9 Å². The van der Waals surface area contributed by atoms with E-state index in [4.69, 9.17) is 4.98 Å². The maximum Gasteiger partial charge on any atom is 0.0794 e. The maximum absolute atomic E-state index is 5.28. The average Bonchev–Trinajstić information content (AvgIpc) is 3.31. The molecule has 0 spiro atoms. The molecule has 6 aromatic carbocycles. The zero-order valence-electron chi connectivity index (χ0n) is 21.9. The van der Waals surface area contributed by atoms with Crippen LogP contribution in [0, 0.1) is 13.8 Å². The molecule has 0 atom stereocenters. The molecular formula is C37H26N2. The first-order valence-electron chi connectivity index (χ1n) is 13.5. The Morgan fingerprint density at radius 3 is 1.69 bits per heavy atom. The van der Waals surface area contributed by atoms with E-state index in [-0.39, 0.29) is 0 Å².